The Morgan fingerprint density at radius 2 is 2.00 bits per heavy atom. The average molecular weight is 334 g/mol. The summed E-state index contributed by atoms with van der Waals surface area (Å²) in [6.45, 7) is 2.11. The Morgan fingerprint density at radius 3 is 2.68 bits per heavy atom. The van der Waals surface area contributed by atoms with Crippen molar-refractivity contribution in [2.24, 2.45) is 0 Å². The molecule has 0 unspecified atom stereocenters. The lowest BCUT2D eigenvalue weighted by Crippen LogP contribution is -2.22. The van der Waals surface area contributed by atoms with Gasteiger partial charge in [-0.2, -0.15) is 5.10 Å². The fourth-order valence-electron chi connectivity index (χ4n) is 1.90. The zero-order valence-corrected chi connectivity index (χ0v) is 13.4. The zero-order chi connectivity index (χ0) is 15.6. The van der Waals surface area contributed by atoms with Crippen LogP contribution in [0.3, 0.4) is 0 Å². The number of thiazole rings is 1. The molecule has 0 aliphatic rings. The highest BCUT2D eigenvalue weighted by Crippen LogP contribution is 2.15. The van der Waals surface area contributed by atoms with Gasteiger partial charge in [-0.25, -0.2) is 22.8 Å². The van der Waals surface area contributed by atoms with Crippen molar-refractivity contribution in [3.05, 3.63) is 58.8 Å². The molecule has 8 heteroatoms. The van der Waals surface area contributed by atoms with Crippen LogP contribution in [-0.4, -0.2) is 23.2 Å². The maximum Gasteiger partial charge on any atom is 0.244 e. The molecule has 0 aliphatic heterocycles. The first kappa shape index (κ1) is 14.9. The molecule has 3 rings (SSSR count). The summed E-state index contributed by atoms with van der Waals surface area (Å²) < 4.78 is 28.6. The Kier molecular flexibility index (Phi) is 4.06. The van der Waals surface area contributed by atoms with Crippen LogP contribution in [0.4, 0.5) is 0 Å². The van der Waals surface area contributed by atoms with E-state index in [0.29, 0.717) is 0 Å². The lowest BCUT2D eigenvalue weighted by molar-refractivity contribution is 0.582. The highest BCUT2D eigenvalue weighted by molar-refractivity contribution is 7.89. The molecule has 0 aliphatic carbocycles. The summed E-state index contributed by atoms with van der Waals surface area (Å²) >= 11 is 1.47. The van der Waals surface area contributed by atoms with E-state index in [1.807, 2.05) is 37.3 Å². The summed E-state index contributed by atoms with van der Waals surface area (Å²) in [6, 6.07) is 9.35. The standard InChI is InChI=1S/C14H14N4O2S2/c1-11-15-7-13(21-11)8-17-22(19,20)14-9-16-18(10-14)12-5-3-2-4-6-12/h2-7,9-10,17H,8H2,1H3. The third kappa shape index (κ3) is 3.24. The van der Waals surface area contributed by atoms with Gasteiger partial charge in [0, 0.05) is 17.6 Å². The molecular weight excluding hydrogens is 320 g/mol. The summed E-state index contributed by atoms with van der Waals surface area (Å²) in [6.07, 6.45) is 4.51. The molecule has 3 aromatic rings. The van der Waals surface area contributed by atoms with E-state index in [1.165, 1.54) is 28.4 Å². The van der Waals surface area contributed by atoms with Gasteiger partial charge in [0.2, 0.25) is 10.0 Å². The van der Waals surface area contributed by atoms with Crippen molar-refractivity contribution in [2.45, 2.75) is 18.4 Å². The molecular formula is C14H14N4O2S2. The second-order valence-corrected chi connectivity index (χ2v) is 7.71. The summed E-state index contributed by atoms with van der Waals surface area (Å²) in [5, 5.41) is 5.01. The van der Waals surface area contributed by atoms with Crippen LogP contribution < -0.4 is 4.72 Å². The minimum absolute atomic E-state index is 0.137. The van der Waals surface area contributed by atoms with Crippen molar-refractivity contribution in [3.63, 3.8) is 0 Å². The van der Waals surface area contributed by atoms with E-state index in [-0.39, 0.29) is 11.4 Å². The van der Waals surface area contributed by atoms with E-state index < -0.39 is 10.0 Å². The number of benzene rings is 1. The van der Waals surface area contributed by atoms with Gasteiger partial charge < -0.3 is 0 Å². The smallest absolute Gasteiger partial charge is 0.244 e. The minimum atomic E-state index is -3.59. The number of aromatic nitrogens is 3. The predicted molar refractivity (Wildman–Crippen MR) is 84.4 cm³/mol. The molecule has 0 spiro atoms. The Balaban J connectivity index is 1.77. The number of hydrogen-bond donors (Lipinski definition) is 1. The Hall–Kier alpha value is -2.03. The maximum absolute atomic E-state index is 12.3. The van der Waals surface area contributed by atoms with Gasteiger partial charge in [-0.15, -0.1) is 11.3 Å². The zero-order valence-electron chi connectivity index (χ0n) is 11.8. The number of aryl methyl sites for hydroxylation is 1. The van der Waals surface area contributed by atoms with Crippen molar-refractivity contribution < 1.29 is 8.42 Å². The molecule has 114 valence electrons. The molecule has 0 bridgehead atoms. The molecule has 0 atom stereocenters. The molecule has 2 heterocycles. The number of rotatable bonds is 5. The van der Waals surface area contributed by atoms with Gasteiger partial charge in [0.15, 0.2) is 0 Å². The molecule has 0 amide bonds. The Morgan fingerprint density at radius 1 is 1.23 bits per heavy atom. The van der Waals surface area contributed by atoms with Crippen molar-refractivity contribution in [2.75, 3.05) is 0 Å². The van der Waals surface area contributed by atoms with Gasteiger partial charge in [0.1, 0.15) is 4.90 Å². The molecule has 1 N–H and O–H groups in total. The number of hydrogen-bond acceptors (Lipinski definition) is 5. The van der Waals surface area contributed by atoms with Crippen LogP contribution in [0.1, 0.15) is 9.88 Å². The van der Waals surface area contributed by atoms with Crippen LogP contribution in [-0.2, 0) is 16.6 Å². The Bertz CT molecular complexity index is 869. The van der Waals surface area contributed by atoms with Crippen LogP contribution in [0, 0.1) is 6.92 Å². The highest BCUT2D eigenvalue weighted by Gasteiger charge is 2.17. The lowest BCUT2D eigenvalue weighted by Gasteiger charge is -2.02. The summed E-state index contributed by atoms with van der Waals surface area (Å²) in [7, 11) is -3.59. The van der Waals surface area contributed by atoms with Gasteiger partial charge in [0.05, 0.1) is 23.1 Å². The Labute approximate surface area is 132 Å². The first-order chi connectivity index (χ1) is 10.5. The highest BCUT2D eigenvalue weighted by atomic mass is 32.2. The van der Waals surface area contributed by atoms with Crippen LogP contribution >= 0.6 is 11.3 Å². The minimum Gasteiger partial charge on any atom is -0.250 e. The van der Waals surface area contributed by atoms with Crippen molar-refractivity contribution >= 4 is 21.4 Å². The monoisotopic (exact) mass is 334 g/mol. The normalized spacial score (nSPS) is 11.7. The van der Waals surface area contributed by atoms with Crippen molar-refractivity contribution in [3.8, 4) is 5.69 Å². The molecule has 6 nitrogen and oxygen atoms in total. The van der Waals surface area contributed by atoms with Crippen LogP contribution in [0.25, 0.3) is 5.69 Å². The topological polar surface area (TPSA) is 76.9 Å². The molecule has 0 fully saturated rings. The average Bonchev–Trinajstić information content (AvgIpc) is 3.15. The number of para-hydroxylation sites is 1. The fourth-order valence-corrected chi connectivity index (χ4v) is 3.67. The maximum atomic E-state index is 12.3. The molecule has 0 saturated heterocycles. The first-order valence-corrected chi connectivity index (χ1v) is 8.86. The van der Waals surface area contributed by atoms with Gasteiger partial charge >= 0.3 is 0 Å². The number of nitrogens with one attached hydrogen (secondary N) is 1. The summed E-state index contributed by atoms with van der Waals surface area (Å²) in [5.74, 6) is 0. The molecule has 22 heavy (non-hydrogen) atoms. The quantitative estimate of drug-likeness (QED) is 0.775. The third-order valence-electron chi connectivity index (χ3n) is 3.00. The molecule has 0 radical (unpaired) electrons. The second kappa shape index (κ2) is 5.99. The molecule has 1 aromatic carbocycles. The SMILES string of the molecule is Cc1ncc(CNS(=O)(=O)c2cnn(-c3ccccc3)c2)s1. The van der Waals surface area contributed by atoms with Crippen LogP contribution in [0.2, 0.25) is 0 Å². The molecule has 2 aromatic heterocycles. The van der Waals surface area contributed by atoms with Gasteiger partial charge in [0.25, 0.3) is 0 Å². The number of nitrogens with zero attached hydrogens (tertiary/aromatic N) is 3. The fraction of sp³-hybridized carbons (Fsp3) is 0.143. The van der Waals surface area contributed by atoms with E-state index in [4.69, 9.17) is 0 Å². The van der Waals surface area contributed by atoms with E-state index in [2.05, 4.69) is 14.8 Å². The summed E-state index contributed by atoms with van der Waals surface area (Å²) in [5.41, 5.74) is 0.807. The van der Waals surface area contributed by atoms with Crippen molar-refractivity contribution in [1.29, 1.82) is 0 Å². The second-order valence-electron chi connectivity index (χ2n) is 4.63. The predicted octanol–water partition coefficient (Wildman–Crippen LogP) is 2.12. The van der Waals surface area contributed by atoms with E-state index >= 15 is 0 Å². The van der Waals surface area contributed by atoms with E-state index in [9.17, 15) is 8.42 Å². The van der Waals surface area contributed by atoms with Gasteiger partial charge in [-0.05, 0) is 19.1 Å². The first-order valence-electron chi connectivity index (χ1n) is 6.56. The van der Waals surface area contributed by atoms with Crippen LogP contribution in [0.15, 0.2) is 53.8 Å². The van der Waals surface area contributed by atoms with E-state index in [1.54, 1.807) is 6.20 Å². The van der Waals surface area contributed by atoms with Crippen molar-refractivity contribution in [1.82, 2.24) is 19.5 Å². The van der Waals surface area contributed by atoms with Gasteiger partial charge in [-0.1, -0.05) is 18.2 Å². The lowest BCUT2D eigenvalue weighted by atomic mass is 10.3. The number of sulfonamides is 1. The van der Waals surface area contributed by atoms with Crippen LogP contribution in [0.5, 0.6) is 0 Å². The molecule has 0 saturated carbocycles. The van der Waals surface area contributed by atoms with Gasteiger partial charge in [-0.3, -0.25) is 0 Å². The van der Waals surface area contributed by atoms with E-state index in [0.717, 1.165) is 15.6 Å². The largest absolute Gasteiger partial charge is 0.250 e. The summed E-state index contributed by atoms with van der Waals surface area (Å²) in [4.78, 5) is 5.11. The third-order valence-corrected chi connectivity index (χ3v) is 5.26.